The van der Waals surface area contributed by atoms with Gasteiger partial charge in [0.2, 0.25) is 0 Å². The van der Waals surface area contributed by atoms with Crippen LogP contribution in [0.15, 0.2) is 67.4 Å². The summed E-state index contributed by atoms with van der Waals surface area (Å²) in [5, 5.41) is 3.08. The normalized spacial score (nSPS) is 10.6. The summed E-state index contributed by atoms with van der Waals surface area (Å²) in [7, 11) is 0. The molecule has 0 bridgehead atoms. The van der Waals surface area contributed by atoms with Crippen LogP contribution in [0.1, 0.15) is 37.6 Å². The van der Waals surface area contributed by atoms with Gasteiger partial charge in [-0.15, -0.1) is 24.2 Å². The molecule has 5 rings (SSSR count). The molecule has 0 spiro atoms. The van der Waals surface area contributed by atoms with Gasteiger partial charge in [0, 0.05) is 30.1 Å². The molecule has 192 valence electrons. The maximum Gasteiger partial charge on any atom is 0.177 e. The highest BCUT2D eigenvalue weighted by atomic mass is 32.1. The number of aromatic amines is 1. The number of allylic oxidation sites excluding steroid dienone is 1. The van der Waals surface area contributed by atoms with Crippen molar-refractivity contribution < 1.29 is 4.39 Å². The Hall–Kier alpha value is -4.55. The third-order valence-electron chi connectivity index (χ3n) is 5.83. The molecule has 0 aliphatic carbocycles. The van der Waals surface area contributed by atoms with E-state index in [1.54, 1.807) is 30.9 Å². The highest BCUT2D eigenvalue weighted by Crippen LogP contribution is 2.31. The van der Waals surface area contributed by atoms with E-state index in [-0.39, 0.29) is 5.13 Å². The fourth-order valence-electron chi connectivity index (χ4n) is 4.00. The molecule has 0 aliphatic heterocycles. The lowest BCUT2D eigenvalue weighted by molar-refractivity contribution is 0.657. The molecule has 5 aromatic rings. The Morgan fingerprint density at radius 3 is 2.76 bits per heavy atom. The second-order valence-corrected chi connectivity index (χ2v) is 9.62. The average Bonchev–Trinajstić information content (AvgIpc) is 3.55. The fourth-order valence-corrected chi connectivity index (χ4v) is 4.72. The van der Waals surface area contributed by atoms with Gasteiger partial charge in [-0.2, -0.15) is 4.39 Å². The number of aromatic nitrogens is 5. The zero-order valence-corrected chi connectivity index (χ0v) is 21.9. The summed E-state index contributed by atoms with van der Waals surface area (Å²) in [6.07, 6.45) is 18.5. The van der Waals surface area contributed by atoms with Crippen molar-refractivity contribution in [2.45, 2.75) is 32.6 Å². The standard InChI is InChI=1S/C27H26FN7S.C2H2/c1-3-4-5-16(2)33-19-10-18(13-30-14-19)22-11-17(20(29)15-32-22)12-25-34-21-8-9-31-27(26(21)35-25)23-6-7-24(28)36-23;1-2/h6-11,13-15,33H,2-5,12,29H2,1H3,(H,34,35);1-2H. The quantitative estimate of drug-likeness (QED) is 0.182. The van der Waals surface area contributed by atoms with Crippen molar-refractivity contribution in [2.24, 2.45) is 0 Å². The van der Waals surface area contributed by atoms with Gasteiger partial charge in [0.1, 0.15) is 17.0 Å². The van der Waals surface area contributed by atoms with Crippen LogP contribution in [0.25, 0.3) is 32.9 Å². The SMILES string of the molecule is C#C.C=C(CCCC)Nc1cncc(-c2cc(Cc3nc4c(-c5ccc(F)s5)nccc4[nH]3)c(N)cn2)c1. The average molecular weight is 526 g/mol. The Bertz CT molecular complexity index is 1580. The van der Waals surface area contributed by atoms with Crippen molar-refractivity contribution in [3.8, 4) is 34.7 Å². The van der Waals surface area contributed by atoms with Crippen LogP contribution in [-0.2, 0) is 6.42 Å². The second kappa shape index (κ2) is 12.1. The lowest BCUT2D eigenvalue weighted by Gasteiger charge is -2.11. The molecule has 4 N–H and O–H groups in total. The number of nitrogens with one attached hydrogen (secondary N) is 2. The van der Waals surface area contributed by atoms with Crippen LogP contribution >= 0.6 is 11.3 Å². The number of rotatable bonds is 9. The second-order valence-electron chi connectivity index (χ2n) is 8.58. The van der Waals surface area contributed by atoms with E-state index in [1.807, 2.05) is 18.2 Å². The molecule has 0 unspecified atom stereocenters. The van der Waals surface area contributed by atoms with Gasteiger partial charge >= 0.3 is 0 Å². The number of thiophene rings is 1. The topological polar surface area (TPSA) is 105 Å². The number of hydrogen-bond acceptors (Lipinski definition) is 7. The van der Waals surface area contributed by atoms with Gasteiger partial charge in [-0.25, -0.2) is 4.98 Å². The Morgan fingerprint density at radius 1 is 1.16 bits per heavy atom. The molecule has 0 aliphatic rings. The molecular formula is C29H28FN7S. The van der Waals surface area contributed by atoms with Gasteiger partial charge in [0.05, 0.1) is 39.9 Å². The van der Waals surface area contributed by atoms with E-state index < -0.39 is 0 Å². The van der Waals surface area contributed by atoms with Crippen LogP contribution in [-0.4, -0.2) is 24.9 Å². The third kappa shape index (κ3) is 6.05. The number of nitrogens with zero attached hydrogens (tertiary/aromatic N) is 4. The number of H-pyrrole nitrogens is 1. The highest BCUT2D eigenvalue weighted by Gasteiger charge is 2.14. The van der Waals surface area contributed by atoms with E-state index in [4.69, 9.17) is 10.7 Å². The lowest BCUT2D eigenvalue weighted by Crippen LogP contribution is -2.01. The van der Waals surface area contributed by atoms with E-state index in [0.717, 1.165) is 75.0 Å². The van der Waals surface area contributed by atoms with Crippen molar-refractivity contribution >= 4 is 33.7 Å². The van der Waals surface area contributed by atoms with Gasteiger partial charge in [-0.05, 0) is 48.7 Å². The number of fused-ring (bicyclic) bond motifs is 1. The molecule has 5 aromatic heterocycles. The molecule has 0 saturated heterocycles. The smallest absolute Gasteiger partial charge is 0.177 e. The number of pyridine rings is 3. The first-order valence-corrected chi connectivity index (χ1v) is 12.9. The highest BCUT2D eigenvalue weighted by molar-refractivity contribution is 7.13. The molecule has 7 nitrogen and oxygen atoms in total. The number of imidazole rings is 1. The summed E-state index contributed by atoms with van der Waals surface area (Å²) in [6, 6.07) is 8.99. The third-order valence-corrected chi connectivity index (χ3v) is 6.71. The van der Waals surface area contributed by atoms with Gasteiger partial charge in [-0.1, -0.05) is 19.9 Å². The molecule has 0 aromatic carbocycles. The summed E-state index contributed by atoms with van der Waals surface area (Å²) in [5.41, 5.74) is 13.4. The van der Waals surface area contributed by atoms with E-state index in [1.165, 1.54) is 6.07 Å². The Labute approximate surface area is 225 Å². The van der Waals surface area contributed by atoms with Crippen molar-refractivity contribution in [2.75, 3.05) is 11.1 Å². The zero-order valence-electron chi connectivity index (χ0n) is 21.0. The maximum atomic E-state index is 13.6. The van der Waals surface area contributed by atoms with E-state index in [2.05, 4.69) is 51.6 Å². The first-order valence-electron chi connectivity index (χ1n) is 12.1. The van der Waals surface area contributed by atoms with Crippen LogP contribution < -0.4 is 11.1 Å². The summed E-state index contributed by atoms with van der Waals surface area (Å²) in [6.45, 7) is 6.26. The number of halogens is 1. The molecule has 0 fully saturated rings. The zero-order chi connectivity index (χ0) is 27.1. The van der Waals surface area contributed by atoms with E-state index in [9.17, 15) is 4.39 Å². The minimum atomic E-state index is -0.254. The van der Waals surface area contributed by atoms with Gasteiger partial charge in [0.25, 0.3) is 0 Å². The van der Waals surface area contributed by atoms with Crippen LogP contribution in [0.3, 0.4) is 0 Å². The van der Waals surface area contributed by atoms with Crippen molar-refractivity contribution in [1.82, 2.24) is 24.9 Å². The minimum Gasteiger partial charge on any atom is -0.397 e. The lowest BCUT2D eigenvalue weighted by atomic mass is 10.1. The molecule has 38 heavy (non-hydrogen) atoms. The summed E-state index contributed by atoms with van der Waals surface area (Å²) < 4.78 is 13.6. The van der Waals surface area contributed by atoms with Gasteiger partial charge in [0.15, 0.2) is 5.13 Å². The Balaban J connectivity index is 0.00000164. The largest absolute Gasteiger partial charge is 0.397 e. The Morgan fingerprint density at radius 2 is 2.00 bits per heavy atom. The predicted molar refractivity (Wildman–Crippen MR) is 154 cm³/mol. The molecular weight excluding hydrogens is 497 g/mol. The molecule has 5 heterocycles. The summed E-state index contributed by atoms with van der Waals surface area (Å²) >= 11 is 1.05. The number of nitrogen functional groups attached to an aromatic ring is 1. The number of nitrogens with two attached hydrogens (primary N) is 1. The first kappa shape index (κ1) is 26.5. The van der Waals surface area contributed by atoms with Crippen molar-refractivity contribution in [3.63, 3.8) is 0 Å². The first-order chi connectivity index (χ1) is 18.5. The Kier molecular flexibility index (Phi) is 8.46. The van der Waals surface area contributed by atoms with Crippen molar-refractivity contribution in [1.29, 1.82) is 0 Å². The molecule has 0 amide bonds. The number of hydrogen-bond donors (Lipinski definition) is 3. The predicted octanol–water partition coefficient (Wildman–Crippen LogP) is 6.82. The minimum absolute atomic E-state index is 0.254. The van der Waals surface area contributed by atoms with Crippen LogP contribution in [0.5, 0.6) is 0 Å². The molecule has 0 atom stereocenters. The van der Waals surface area contributed by atoms with Crippen LogP contribution in [0.2, 0.25) is 0 Å². The fraction of sp³-hybridized carbons (Fsp3) is 0.172. The summed E-state index contributed by atoms with van der Waals surface area (Å²) in [4.78, 5) is 22.2. The number of anilines is 2. The van der Waals surface area contributed by atoms with E-state index in [0.29, 0.717) is 23.3 Å². The van der Waals surface area contributed by atoms with E-state index >= 15 is 0 Å². The van der Waals surface area contributed by atoms with Gasteiger partial charge < -0.3 is 16.0 Å². The molecule has 0 saturated carbocycles. The van der Waals surface area contributed by atoms with Crippen LogP contribution in [0, 0.1) is 18.0 Å². The maximum absolute atomic E-state index is 13.6. The summed E-state index contributed by atoms with van der Waals surface area (Å²) in [5.74, 6) is 0.737. The number of terminal acetylenes is 1. The van der Waals surface area contributed by atoms with Gasteiger partial charge in [-0.3, -0.25) is 15.0 Å². The molecule has 0 radical (unpaired) electrons. The number of unbranched alkanes of at least 4 members (excludes halogenated alkanes) is 1. The monoisotopic (exact) mass is 525 g/mol. The van der Waals surface area contributed by atoms with Crippen molar-refractivity contribution in [3.05, 3.63) is 83.9 Å². The molecule has 9 heteroatoms. The van der Waals surface area contributed by atoms with Crippen LogP contribution in [0.4, 0.5) is 15.8 Å².